The molecule has 0 aromatic heterocycles. The van der Waals surface area contributed by atoms with Gasteiger partial charge in [0.2, 0.25) is 10.0 Å². The number of aryl methyl sites for hydroxylation is 1. The van der Waals surface area contributed by atoms with E-state index < -0.39 is 15.6 Å². The molecule has 0 spiro atoms. The van der Waals surface area contributed by atoms with Gasteiger partial charge in [-0.15, -0.1) is 0 Å². The number of hydrogen-bond acceptors (Lipinski definition) is 3. The van der Waals surface area contributed by atoms with Crippen LogP contribution in [-0.4, -0.2) is 14.0 Å². The molecule has 0 saturated carbocycles. The molecule has 0 bridgehead atoms. The average molecular weight is 270 g/mol. The number of rotatable bonds is 5. The Morgan fingerprint density at radius 2 is 1.89 bits per heavy atom. The number of nitrogen functional groups attached to an aromatic ring is 1. The predicted octanol–water partition coefficient (Wildman–Crippen LogP) is 2.43. The van der Waals surface area contributed by atoms with Crippen molar-refractivity contribution in [2.24, 2.45) is 0 Å². The smallest absolute Gasteiger partial charge is 0.241 e. The van der Waals surface area contributed by atoms with Crippen molar-refractivity contribution in [2.45, 2.75) is 51.0 Å². The molecule has 0 heterocycles. The van der Waals surface area contributed by atoms with Gasteiger partial charge in [-0.05, 0) is 51.0 Å². The van der Waals surface area contributed by atoms with Gasteiger partial charge in [0, 0.05) is 11.2 Å². The third-order valence-electron chi connectivity index (χ3n) is 2.67. The molecule has 4 nitrogen and oxygen atoms in total. The van der Waals surface area contributed by atoms with Gasteiger partial charge in [-0.3, -0.25) is 0 Å². The Morgan fingerprint density at radius 3 is 2.39 bits per heavy atom. The van der Waals surface area contributed by atoms with Gasteiger partial charge in [-0.2, -0.15) is 0 Å². The summed E-state index contributed by atoms with van der Waals surface area (Å²) in [6.45, 7) is 7.62. The van der Waals surface area contributed by atoms with E-state index in [2.05, 4.69) is 4.72 Å². The highest BCUT2D eigenvalue weighted by atomic mass is 32.2. The molecule has 3 N–H and O–H groups in total. The third-order valence-corrected chi connectivity index (χ3v) is 4.35. The summed E-state index contributed by atoms with van der Waals surface area (Å²) in [5, 5.41) is 0. The molecule has 102 valence electrons. The summed E-state index contributed by atoms with van der Waals surface area (Å²) in [5.41, 5.74) is 6.53. The SMILES string of the molecule is CCCC(C)(C)NS(=O)(=O)c1cc(C)cc(N)c1. The second kappa shape index (κ2) is 5.28. The molecule has 0 fully saturated rings. The van der Waals surface area contributed by atoms with Crippen LogP contribution in [0.15, 0.2) is 23.1 Å². The fourth-order valence-electron chi connectivity index (χ4n) is 2.03. The molecule has 0 unspecified atom stereocenters. The number of nitrogens with two attached hydrogens (primary N) is 1. The van der Waals surface area contributed by atoms with Crippen molar-refractivity contribution >= 4 is 15.7 Å². The van der Waals surface area contributed by atoms with Crippen LogP contribution in [0.1, 0.15) is 39.2 Å². The molecule has 0 aliphatic rings. The zero-order chi connectivity index (χ0) is 14.0. The Morgan fingerprint density at radius 1 is 1.28 bits per heavy atom. The summed E-state index contributed by atoms with van der Waals surface area (Å²) >= 11 is 0. The first kappa shape index (κ1) is 15.0. The number of anilines is 1. The van der Waals surface area contributed by atoms with Gasteiger partial charge in [0.05, 0.1) is 4.90 Å². The minimum Gasteiger partial charge on any atom is -0.399 e. The summed E-state index contributed by atoms with van der Waals surface area (Å²) < 4.78 is 27.2. The minimum atomic E-state index is -3.52. The van der Waals surface area contributed by atoms with Gasteiger partial charge in [-0.1, -0.05) is 13.3 Å². The fourth-order valence-corrected chi connectivity index (χ4v) is 3.61. The first-order chi connectivity index (χ1) is 8.16. The monoisotopic (exact) mass is 270 g/mol. The molecule has 18 heavy (non-hydrogen) atoms. The highest BCUT2D eigenvalue weighted by Gasteiger charge is 2.25. The second-order valence-electron chi connectivity index (χ2n) is 5.32. The molecule has 1 rings (SSSR count). The maximum absolute atomic E-state index is 12.3. The molecule has 1 aromatic rings. The van der Waals surface area contributed by atoms with Gasteiger partial charge in [0.15, 0.2) is 0 Å². The number of nitrogens with one attached hydrogen (secondary N) is 1. The standard InChI is InChI=1S/C13H22N2O2S/c1-5-6-13(3,4)15-18(16,17)12-8-10(2)7-11(14)9-12/h7-9,15H,5-6,14H2,1-4H3. The van der Waals surface area contributed by atoms with E-state index in [1.54, 1.807) is 12.1 Å². The Labute approximate surface area is 110 Å². The molecule has 5 heteroatoms. The van der Waals surface area contributed by atoms with Gasteiger partial charge in [0.1, 0.15) is 0 Å². The molecule has 0 atom stereocenters. The zero-order valence-corrected chi connectivity index (χ0v) is 12.3. The van der Waals surface area contributed by atoms with Crippen LogP contribution in [0, 0.1) is 6.92 Å². The summed E-state index contributed by atoms with van der Waals surface area (Å²) in [6.07, 6.45) is 1.71. The van der Waals surface area contributed by atoms with Gasteiger partial charge < -0.3 is 5.73 Å². The van der Waals surface area contributed by atoms with Gasteiger partial charge in [-0.25, -0.2) is 13.1 Å². The van der Waals surface area contributed by atoms with Crippen molar-refractivity contribution in [3.05, 3.63) is 23.8 Å². The average Bonchev–Trinajstić information content (AvgIpc) is 2.13. The minimum absolute atomic E-state index is 0.226. The zero-order valence-electron chi connectivity index (χ0n) is 11.4. The molecule has 0 saturated heterocycles. The predicted molar refractivity (Wildman–Crippen MR) is 74.9 cm³/mol. The topological polar surface area (TPSA) is 72.2 Å². The lowest BCUT2D eigenvalue weighted by atomic mass is 10.0. The van der Waals surface area contributed by atoms with Crippen LogP contribution < -0.4 is 10.5 Å². The number of benzene rings is 1. The van der Waals surface area contributed by atoms with E-state index in [-0.39, 0.29) is 4.90 Å². The summed E-state index contributed by atoms with van der Waals surface area (Å²) in [6, 6.07) is 4.86. The van der Waals surface area contributed by atoms with E-state index in [0.29, 0.717) is 5.69 Å². The third kappa shape index (κ3) is 3.99. The Bertz CT molecular complexity index is 502. The second-order valence-corrected chi connectivity index (χ2v) is 7.00. The Hall–Kier alpha value is -1.07. The van der Waals surface area contributed by atoms with E-state index >= 15 is 0 Å². The van der Waals surface area contributed by atoms with Crippen LogP contribution in [0.2, 0.25) is 0 Å². The Balaban J connectivity index is 3.07. The molecule has 0 radical (unpaired) electrons. The van der Waals surface area contributed by atoms with Crippen molar-refractivity contribution in [3.8, 4) is 0 Å². The lowest BCUT2D eigenvalue weighted by molar-refractivity contribution is 0.418. The van der Waals surface area contributed by atoms with Crippen LogP contribution in [0.4, 0.5) is 5.69 Å². The van der Waals surface area contributed by atoms with Crippen LogP contribution >= 0.6 is 0 Å². The van der Waals surface area contributed by atoms with Crippen LogP contribution in [0.25, 0.3) is 0 Å². The molecular formula is C13H22N2O2S. The highest BCUT2D eigenvalue weighted by Crippen LogP contribution is 2.20. The van der Waals surface area contributed by atoms with Crippen molar-refractivity contribution < 1.29 is 8.42 Å². The van der Waals surface area contributed by atoms with Crippen molar-refractivity contribution in [1.82, 2.24) is 4.72 Å². The van der Waals surface area contributed by atoms with Crippen LogP contribution in [-0.2, 0) is 10.0 Å². The van der Waals surface area contributed by atoms with Gasteiger partial charge in [0.25, 0.3) is 0 Å². The molecule has 0 amide bonds. The first-order valence-electron chi connectivity index (χ1n) is 6.07. The maximum atomic E-state index is 12.3. The largest absolute Gasteiger partial charge is 0.399 e. The quantitative estimate of drug-likeness (QED) is 0.807. The van der Waals surface area contributed by atoms with E-state index in [1.807, 2.05) is 27.7 Å². The summed E-state index contributed by atoms with van der Waals surface area (Å²) in [4.78, 5) is 0.226. The number of sulfonamides is 1. The van der Waals surface area contributed by atoms with E-state index in [9.17, 15) is 8.42 Å². The summed E-state index contributed by atoms with van der Waals surface area (Å²) in [7, 11) is -3.52. The highest BCUT2D eigenvalue weighted by molar-refractivity contribution is 7.89. The van der Waals surface area contributed by atoms with Gasteiger partial charge >= 0.3 is 0 Å². The maximum Gasteiger partial charge on any atom is 0.241 e. The fraction of sp³-hybridized carbons (Fsp3) is 0.538. The summed E-state index contributed by atoms with van der Waals surface area (Å²) in [5.74, 6) is 0. The normalized spacial score (nSPS) is 12.7. The van der Waals surface area contributed by atoms with E-state index in [4.69, 9.17) is 5.73 Å². The van der Waals surface area contributed by atoms with Crippen LogP contribution in [0.5, 0.6) is 0 Å². The Kier molecular flexibility index (Phi) is 4.40. The lowest BCUT2D eigenvalue weighted by Gasteiger charge is -2.25. The molecule has 1 aromatic carbocycles. The van der Waals surface area contributed by atoms with Crippen LogP contribution in [0.3, 0.4) is 0 Å². The molecular weight excluding hydrogens is 248 g/mol. The van der Waals surface area contributed by atoms with E-state index in [0.717, 1.165) is 18.4 Å². The molecule has 0 aliphatic heterocycles. The van der Waals surface area contributed by atoms with Crippen molar-refractivity contribution in [2.75, 3.05) is 5.73 Å². The molecule has 0 aliphatic carbocycles. The van der Waals surface area contributed by atoms with Crippen molar-refractivity contribution in [1.29, 1.82) is 0 Å². The van der Waals surface area contributed by atoms with E-state index in [1.165, 1.54) is 6.07 Å². The first-order valence-corrected chi connectivity index (χ1v) is 7.56. The lowest BCUT2D eigenvalue weighted by Crippen LogP contribution is -2.43. The van der Waals surface area contributed by atoms with Crippen molar-refractivity contribution in [3.63, 3.8) is 0 Å². The number of hydrogen-bond donors (Lipinski definition) is 2.